The Bertz CT molecular complexity index is 767. The van der Waals surface area contributed by atoms with E-state index in [2.05, 4.69) is 30.5 Å². The van der Waals surface area contributed by atoms with Gasteiger partial charge >= 0.3 is 0 Å². The van der Waals surface area contributed by atoms with Crippen molar-refractivity contribution in [2.24, 2.45) is 0 Å². The van der Waals surface area contributed by atoms with E-state index in [4.69, 9.17) is 23.2 Å². The van der Waals surface area contributed by atoms with Crippen molar-refractivity contribution in [1.29, 1.82) is 0 Å². The Morgan fingerprint density at radius 2 is 2.05 bits per heavy atom. The summed E-state index contributed by atoms with van der Waals surface area (Å²) < 4.78 is 10.6. The zero-order chi connectivity index (χ0) is 14.8. The van der Waals surface area contributed by atoms with Gasteiger partial charge in [-0.15, -0.1) is 0 Å². The molecule has 0 spiro atoms. The van der Waals surface area contributed by atoms with Gasteiger partial charge in [0.25, 0.3) is 0 Å². The van der Waals surface area contributed by atoms with Crippen molar-refractivity contribution in [3.63, 3.8) is 0 Å². The zero-order valence-corrected chi connectivity index (χ0v) is 13.6. The number of rotatable bonds is 5. The van der Waals surface area contributed by atoms with Gasteiger partial charge in [-0.1, -0.05) is 30.1 Å². The molecule has 8 heteroatoms. The van der Waals surface area contributed by atoms with E-state index < -0.39 is 0 Å². The van der Waals surface area contributed by atoms with Gasteiger partial charge in [-0.3, -0.25) is 0 Å². The molecule has 0 saturated heterocycles. The number of nitrogens with zero attached hydrogens (tertiary/aromatic N) is 4. The molecule has 0 saturated carbocycles. The Hall–Kier alpha value is -1.37. The van der Waals surface area contributed by atoms with E-state index in [9.17, 15) is 0 Å². The Balaban J connectivity index is 1.88. The Kier molecular flexibility index (Phi) is 4.28. The number of anilines is 1. The number of benzene rings is 1. The molecule has 5 nitrogen and oxygen atoms in total. The molecule has 0 atom stereocenters. The average Bonchev–Trinajstić information content (AvgIpc) is 3.08. The van der Waals surface area contributed by atoms with E-state index in [1.54, 1.807) is 12.3 Å². The van der Waals surface area contributed by atoms with Crippen molar-refractivity contribution in [1.82, 2.24) is 18.3 Å². The van der Waals surface area contributed by atoms with Gasteiger partial charge in [-0.2, -0.15) is 8.75 Å². The van der Waals surface area contributed by atoms with Crippen LogP contribution in [0.4, 0.5) is 5.69 Å². The molecule has 0 bridgehead atoms. The molecular formula is C13H13Cl2N5S. The fraction of sp³-hybridized carbons (Fsp3) is 0.308. The van der Waals surface area contributed by atoms with E-state index in [0.29, 0.717) is 27.6 Å². The first-order chi connectivity index (χ1) is 10.2. The topological polar surface area (TPSA) is 55.6 Å². The summed E-state index contributed by atoms with van der Waals surface area (Å²) >= 11 is 13.5. The molecule has 0 unspecified atom stereocenters. The van der Waals surface area contributed by atoms with Crippen LogP contribution in [0.3, 0.4) is 0 Å². The van der Waals surface area contributed by atoms with Crippen molar-refractivity contribution in [2.75, 3.05) is 5.32 Å². The monoisotopic (exact) mass is 341 g/mol. The van der Waals surface area contributed by atoms with Crippen LogP contribution >= 0.6 is 34.9 Å². The van der Waals surface area contributed by atoms with E-state index in [1.165, 1.54) is 0 Å². The predicted molar refractivity (Wildman–Crippen MR) is 87.3 cm³/mol. The highest BCUT2D eigenvalue weighted by atomic mass is 35.5. The molecule has 0 aliphatic rings. The number of imidazole rings is 1. The Morgan fingerprint density at radius 1 is 1.24 bits per heavy atom. The van der Waals surface area contributed by atoms with Crippen molar-refractivity contribution in [3.05, 3.63) is 34.3 Å². The first-order valence-corrected chi connectivity index (χ1v) is 8.03. The Labute approximate surface area is 136 Å². The molecule has 0 fully saturated rings. The van der Waals surface area contributed by atoms with Crippen molar-refractivity contribution < 1.29 is 0 Å². The molecular weight excluding hydrogens is 329 g/mol. The highest BCUT2D eigenvalue weighted by Crippen LogP contribution is 2.35. The van der Waals surface area contributed by atoms with Gasteiger partial charge in [-0.25, -0.2) is 4.98 Å². The van der Waals surface area contributed by atoms with E-state index in [-0.39, 0.29) is 0 Å². The first kappa shape index (κ1) is 14.6. The summed E-state index contributed by atoms with van der Waals surface area (Å²) in [5.74, 6) is 0.958. The molecule has 3 rings (SSSR count). The third kappa shape index (κ3) is 2.84. The molecule has 0 amide bonds. The molecule has 0 aliphatic heterocycles. The maximum atomic E-state index is 6.27. The maximum absolute atomic E-state index is 6.27. The van der Waals surface area contributed by atoms with Crippen molar-refractivity contribution in [2.45, 2.75) is 26.4 Å². The second kappa shape index (κ2) is 6.17. The minimum absolute atomic E-state index is 0.516. The van der Waals surface area contributed by atoms with Gasteiger partial charge in [0.05, 0.1) is 34.0 Å². The summed E-state index contributed by atoms with van der Waals surface area (Å²) in [6.07, 6.45) is 4.84. The minimum atomic E-state index is 0.516. The van der Waals surface area contributed by atoms with Crippen molar-refractivity contribution >= 4 is 51.7 Å². The van der Waals surface area contributed by atoms with Gasteiger partial charge in [0.2, 0.25) is 0 Å². The predicted octanol–water partition coefficient (Wildman–Crippen LogP) is 4.22. The number of nitrogens with one attached hydrogen (secondary N) is 1. The molecule has 21 heavy (non-hydrogen) atoms. The average molecular weight is 342 g/mol. The third-order valence-corrected chi connectivity index (χ3v) is 4.25. The largest absolute Gasteiger partial charge is 0.375 e. The molecule has 3 aromatic rings. The summed E-state index contributed by atoms with van der Waals surface area (Å²) in [7, 11) is 0. The highest BCUT2D eigenvalue weighted by Gasteiger charge is 2.14. The van der Waals surface area contributed by atoms with Crippen LogP contribution in [0.2, 0.25) is 10.0 Å². The quantitative estimate of drug-likeness (QED) is 0.754. The molecule has 110 valence electrons. The number of halogens is 2. The Morgan fingerprint density at radius 3 is 2.86 bits per heavy atom. The highest BCUT2D eigenvalue weighted by molar-refractivity contribution is 7.00. The molecule has 1 N–H and O–H groups in total. The van der Waals surface area contributed by atoms with Gasteiger partial charge in [0, 0.05) is 18.9 Å². The standard InChI is InChI=1S/C13H13Cl2N5S/c1-2-4-20-5-3-16-10(20)7-17-11-8(14)6-9(15)12-13(11)19-21-18-12/h3,5-6,17H,2,4,7H2,1H3. The van der Waals surface area contributed by atoms with Crippen LogP contribution in [0.25, 0.3) is 11.0 Å². The lowest BCUT2D eigenvalue weighted by molar-refractivity contribution is 0.644. The molecule has 2 heterocycles. The van der Waals surface area contributed by atoms with Crippen LogP contribution in [-0.4, -0.2) is 18.3 Å². The molecule has 1 aromatic carbocycles. The van der Waals surface area contributed by atoms with Crippen LogP contribution < -0.4 is 5.32 Å². The van der Waals surface area contributed by atoms with E-state index in [1.807, 2.05) is 6.20 Å². The normalized spacial score (nSPS) is 11.2. The number of fused-ring (bicyclic) bond motifs is 1. The van der Waals surface area contributed by atoms with Gasteiger partial charge in [0.15, 0.2) is 0 Å². The number of aryl methyl sites for hydroxylation is 1. The number of aromatic nitrogens is 4. The second-order valence-electron chi connectivity index (χ2n) is 4.57. The maximum Gasteiger partial charge on any atom is 0.130 e. The van der Waals surface area contributed by atoms with Gasteiger partial charge in [0.1, 0.15) is 16.9 Å². The first-order valence-electron chi connectivity index (χ1n) is 6.55. The molecule has 0 aliphatic carbocycles. The second-order valence-corrected chi connectivity index (χ2v) is 5.91. The van der Waals surface area contributed by atoms with Crippen LogP contribution in [0.5, 0.6) is 0 Å². The zero-order valence-electron chi connectivity index (χ0n) is 11.3. The summed E-state index contributed by atoms with van der Waals surface area (Å²) in [6.45, 7) is 3.65. The lowest BCUT2D eigenvalue weighted by atomic mass is 10.2. The van der Waals surface area contributed by atoms with Crippen LogP contribution in [0.1, 0.15) is 19.2 Å². The smallest absolute Gasteiger partial charge is 0.130 e. The lowest BCUT2D eigenvalue weighted by Gasteiger charge is -2.11. The molecule has 2 aromatic heterocycles. The number of hydrogen-bond acceptors (Lipinski definition) is 5. The fourth-order valence-electron chi connectivity index (χ4n) is 2.16. The van der Waals surface area contributed by atoms with Crippen LogP contribution in [0, 0.1) is 0 Å². The summed E-state index contributed by atoms with van der Waals surface area (Å²) in [5, 5.41) is 4.35. The number of hydrogen-bond donors (Lipinski definition) is 1. The van der Waals surface area contributed by atoms with Gasteiger partial charge in [-0.05, 0) is 12.5 Å². The minimum Gasteiger partial charge on any atom is -0.375 e. The third-order valence-electron chi connectivity index (χ3n) is 3.13. The van der Waals surface area contributed by atoms with Crippen molar-refractivity contribution in [3.8, 4) is 0 Å². The van der Waals surface area contributed by atoms with E-state index in [0.717, 1.165) is 36.2 Å². The summed E-state index contributed by atoms with van der Waals surface area (Å²) in [6, 6.07) is 1.69. The molecule has 0 radical (unpaired) electrons. The van der Waals surface area contributed by atoms with E-state index >= 15 is 0 Å². The van der Waals surface area contributed by atoms with Crippen LogP contribution in [0.15, 0.2) is 18.5 Å². The van der Waals surface area contributed by atoms with Crippen LogP contribution in [-0.2, 0) is 13.1 Å². The SMILES string of the molecule is CCCn1ccnc1CNc1c(Cl)cc(Cl)c2nsnc12. The fourth-order valence-corrected chi connectivity index (χ4v) is 3.34. The van der Waals surface area contributed by atoms with Gasteiger partial charge < -0.3 is 9.88 Å². The summed E-state index contributed by atoms with van der Waals surface area (Å²) in [5.41, 5.74) is 2.12. The lowest BCUT2D eigenvalue weighted by Crippen LogP contribution is -2.09. The summed E-state index contributed by atoms with van der Waals surface area (Å²) in [4.78, 5) is 4.36.